The zero-order valence-electron chi connectivity index (χ0n) is 19.0. The van der Waals surface area contributed by atoms with E-state index in [2.05, 4.69) is 16.0 Å². The maximum atomic E-state index is 12.9. The fourth-order valence-corrected chi connectivity index (χ4v) is 8.43. The van der Waals surface area contributed by atoms with Crippen LogP contribution in [0, 0.1) is 11.8 Å². The molecule has 0 aromatic carbocycles. The van der Waals surface area contributed by atoms with E-state index in [4.69, 9.17) is 4.74 Å². The third-order valence-electron chi connectivity index (χ3n) is 7.39. The molecular formula is C23H37N3O4S2. The van der Waals surface area contributed by atoms with Crippen molar-refractivity contribution in [1.82, 2.24) is 16.0 Å². The Hall–Kier alpha value is -0.930. The molecule has 4 aliphatic rings. The Bertz CT molecular complexity index is 674. The zero-order valence-corrected chi connectivity index (χ0v) is 20.6. The predicted octanol–water partition coefficient (Wildman–Crippen LogP) is 3.77. The van der Waals surface area contributed by atoms with Crippen molar-refractivity contribution >= 4 is 41.4 Å². The number of rotatable bonds is 6. The molecule has 3 amide bonds. The summed E-state index contributed by atoms with van der Waals surface area (Å²) in [6.07, 6.45) is 11.2. The number of ether oxygens (including phenoxy) is 1. The van der Waals surface area contributed by atoms with Gasteiger partial charge in [0.2, 0.25) is 11.8 Å². The highest BCUT2D eigenvalue weighted by Gasteiger charge is 2.42. The Morgan fingerprint density at radius 1 is 1.00 bits per heavy atom. The third-order valence-corrected chi connectivity index (χ3v) is 10.2. The van der Waals surface area contributed by atoms with E-state index in [0.29, 0.717) is 23.6 Å². The molecule has 180 valence electrons. The first kappa shape index (κ1) is 24.2. The van der Waals surface area contributed by atoms with Crippen LogP contribution in [0.3, 0.4) is 0 Å². The van der Waals surface area contributed by atoms with Gasteiger partial charge in [0.25, 0.3) is 0 Å². The van der Waals surface area contributed by atoms with Crippen molar-refractivity contribution in [3.8, 4) is 0 Å². The molecule has 0 aromatic heterocycles. The Morgan fingerprint density at radius 3 is 2.50 bits per heavy atom. The number of hydrogen-bond donors (Lipinski definition) is 3. The van der Waals surface area contributed by atoms with Crippen LogP contribution in [0.4, 0.5) is 4.79 Å². The highest BCUT2D eigenvalue weighted by Crippen LogP contribution is 2.38. The molecule has 2 saturated carbocycles. The molecule has 6 unspecified atom stereocenters. The first-order valence-corrected chi connectivity index (χ1v) is 14.4. The van der Waals surface area contributed by atoms with Crippen molar-refractivity contribution in [2.24, 2.45) is 11.8 Å². The minimum absolute atomic E-state index is 0.0486. The third kappa shape index (κ3) is 5.95. The van der Waals surface area contributed by atoms with E-state index < -0.39 is 12.0 Å². The minimum Gasteiger partial charge on any atom is -0.446 e. The molecule has 0 radical (unpaired) electrons. The number of carbonyl (C=O) groups is 3. The predicted molar refractivity (Wildman–Crippen MR) is 128 cm³/mol. The topological polar surface area (TPSA) is 96.5 Å². The van der Waals surface area contributed by atoms with Crippen molar-refractivity contribution in [2.45, 2.75) is 106 Å². The van der Waals surface area contributed by atoms with E-state index >= 15 is 0 Å². The SMILES string of the molecule is CCC(OC(=O)NC(=O)C1CCSC1NC(=O)C1NC2CCCCC2S1)C1CCCCC1. The van der Waals surface area contributed by atoms with E-state index in [-0.39, 0.29) is 28.7 Å². The van der Waals surface area contributed by atoms with Crippen LogP contribution in [-0.4, -0.2) is 51.8 Å². The number of fused-ring (bicyclic) bond motifs is 1. The Kier molecular flexibility index (Phi) is 8.67. The monoisotopic (exact) mass is 483 g/mol. The summed E-state index contributed by atoms with van der Waals surface area (Å²) in [7, 11) is 0. The molecule has 0 spiro atoms. The molecule has 6 atom stereocenters. The second-order valence-electron chi connectivity index (χ2n) is 9.55. The van der Waals surface area contributed by atoms with Crippen LogP contribution in [0.25, 0.3) is 0 Å². The quantitative estimate of drug-likeness (QED) is 0.529. The summed E-state index contributed by atoms with van der Waals surface area (Å²) in [6.45, 7) is 2.03. The van der Waals surface area contributed by atoms with E-state index in [1.54, 1.807) is 23.5 Å². The number of nitrogens with one attached hydrogen (secondary N) is 3. The smallest absolute Gasteiger partial charge is 0.414 e. The first-order valence-electron chi connectivity index (χ1n) is 12.4. The molecule has 2 aliphatic heterocycles. The van der Waals surface area contributed by atoms with Gasteiger partial charge in [0.05, 0.1) is 11.3 Å². The lowest BCUT2D eigenvalue weighted by molar-refractivity contribution is -0.125. The lowest BCUT2D eigenvalue weighted by atomic mass is 9.84. The van der Waals surface area contributed by atoms with Gasteiger partial charge in [-0.05, 0) is 50.2 Å². The summed E-state index contributed by atoms with van der Waals surface area (Å²) < 4.78 is 5.64. The van der Waals surface area contributed by atoms with Gasteiger partial charge in [0.1, 0.15) is 11.5 Å². The molecule has 0 bridgehead atoms. The molecule has 3 N–H and O–H groups in total. The van der Waals surface area contributed by atoms with Gasteiger partial charge in [-0.25, -0.2) is 4.79 Å². The Balaban J connectivity index is 1.25. The van der Waals surface area contributed by atoms with Crippen LogP contribution < -0.4 is 16.0 Å². The number of imide groups is 1. The maximum Gasteiger partial charge on any atom is 0.414 e. The van der Waals surface area contributed by atoms with Gasteiger partial charge < -0.3 is 10.1 Å². The minimum atomic E-state index is -0.647. The van der Waals surface area contributed by atoms with E-state index in [1.807, 2.05) is 6.92 Å². The summed E-state index contributed by atoms with van der Waals surface area (Å²) in [5.41, 5.74) is 0. The van der Waals surface area contributed by atoms with Gasteiger partial charge in [-0.3, -0.25) is 20.2 Å². The summed E-state index contributed by atoms with van der Waals surface area (Å²) in [5, 5.41) is 8.95. The van der Waals surface area contributed by atoms with Gasteiger partial charge in [-0.1, -0.05) is 39.0 Å². The molecule has 7 nitrogen and oxygen atoms in total. The molecule has 4 rings (SSSR count). The van der Waals surface area contributed by atoms with Crippen molar-refractivity contribution < 1.29 is 19.1 Å². The molecule has 2 heterocycles. The van der Waals surface area contributed by atoms with Gasteiger partial charge >= 0.3 is 6.09 Å². The summed E-state index contributed by atoms with van der Waals surface area (Å²) in [5.74, 6) is 0.370. The lowest BCUT2D eigenvalue weighted by Gasteiger charge is -2.29. The summed E-state index contributed by atoms with van der Waals surface area (Å²) in [6, 6.07) is 0.422. The molecule has 32 heavy (non-hydrogen) atoms. The number of alkyl carbamates (subject to hydrolysis) is 1. The van der Waals surface area contributed by atoms with Crippen molar-refractivity contribution in [1.29, 1.82) is 0 Å². The van der Waals surface area contributed by atoms with E-state index in [9.17, 15) is 14.4 Å². The number of thioether (sulfide) groups is 2. The molecule has 2 saturated heterocycles. The average molecular weight is 484 g/mol. The Morgan fingerprint density at radius 2 is 1.75 bits per heavy atom. The standard InChI is InChI=1S/C23H37N3O4S2/c1-2-17(14-8-4-3-5-9-14)30-23(29)26-19(27)15-12-13-31-21(15)25-20(28)22-24-16-10-6-7-11-18(16)32-22/h14-18,21-22,24H,2-13H2,1H3,(H,25,28)(H,26,27,29). The Labute approximate surface area is 199 Å². The van der Waals surface area contributed by atoms with E-state index in [1.165, 1.54) is 32.1 Å². The molecule has 4 fully saturated rings. The largest absolute Gasteiger partial charge is 0.446 e. The average Bonchev–Trinajstić information content (AvgIpc) is 3.45. The van der Waals surface area contributed by atoms with Crippen LogP contribution in [0.5, 0.6) is 0 Å². The molecule has 9 heteroatoms. The fourth-order valence-electron chi connectivity index (χ4n) is 5.59. The maximum absolute atomic E-state index is 12.9. The normalized spacial score (nSPS) is 33.8. The van der Waals surface area contributed by atoms with Crippen molar-refractivity contribution in [3.05, 3.63) is 0 Å². The second-order valence-corrected chi connectivity index (χ2v) is 12.1. The van der Waals surface area contributed by atoms with Gasteiger partial charge in [-0.15, -0.1) is 23.5 Å². The summed E-state index contributed by atoms with van der Waals surface area (Å²) in [4.78, 5) is 38.1. The van der Waals surface area contributed by atoms with Crippen LogP contribution in [0.15, 0.2) is 0 Å². The number of hydrogen-bond acceptors (Lipinski definition) is 7. The molecular weight excluding hydrogens is 446 g/mol. The molecule has 0 aromatic rings. The van der Waals surface area contributed by atoms with Crippen molar-refractivity contribution in [3.63, 3.8) is 0 Å². The summed E-state index contributed by atoms with van der Waals surface area (Å²) >= 11 is 3.30. The second kappa shape index (κ2) is 11.5. The first-order chi connectivity index (χ1) is 15.5. The van der Waals surface area contributed by atoms with Crippen LogP contribution in [-0.2, 0) is 14.3 Å². The highest BCUT2D eigenvalue weighted by molar-refractivity contribution is 8.01. The van der Waals surface area contributed by atoms with Gasteiger partial charge in [0.15, 0.2) is 0 Å². The fraction of sp³-hybridized carbons (Fsp3) is 0.870. The van der Waals surface area contributed by atoms with Crippen molar-refractivity contribution in [2.75, 3.05) is 5.75 Å². The number of carbonyl (C=O) groups excluding carboxylic acids is 3. The van der Waals surface area contributed by atoms with Crippen LogP contribution in [0.1, 0.15) is 77.6 Å². The van der Waals surface area contributed by atoms with Crippen LogP contribution in [0.2, 0.25) is 0 Å². The highest BCUT2D eigenvalue weighted by atomic mass is 32.2. The van der Waals surface area contributed by atoms with Gasteiger partial charge in [0, 0.05) is 11.3 Å². The lowest BCUT2D eigenvalue weighted by Crippen LogP contribution is -2.49. The number of amides is 3. The zero-order chi connectivity index (χ0) is 22.5. The van der Waals surface area contributed by atoms with Crippen LogP contribution >= 0.6 is 23.5 Å². The van der Waals surface area contributed by atoms with E-state index in [0.717, 1.165) is 37.9 Å². The molecule has 2 aliphatic carbocycles. The van der Waals surface area contributed by atoms with Gasteiger partial charge in [-0.2, -0.15) is 0 Å².